The van der Waals surface area contributed by atoms with Gasteiger partial charge in [0.25, 0.3) is 11.8 Å². The Morgan fingerprint density at radius 2 is 2.11 bits per heavy atom. The molecule has 1 unspecified atom stereocenters. The lowest BCUT2D eigenvalue weighted by molar-refractivity contribution is 0.0912. The van der Waals surface area contributed by atoms with Gasteiger partial charge >= 0.3 is 0 Å². The predicted molar refractivity (Wildman–Crippen MR) is 134 cm³/mol. The van der Waals surface area contributed by atoms with Crippen LogP contribution in [0, 0.1) is 0 Å². The number of methoxy groups -OCH3 is 1. The predicted octanol–water partition coefficient (Wildman–Crippen LogP) is 2.83. The highest BCUT2D eigenvalue weighted by Gasteiger charge is 2.28. The number of aliphatic imine (C=N–C) groups is 1. The van der Waals surface area contributed by atoms with E-state index in [1.807, 2.05) is 35.9 Å². The number of fused-ring (bicyclic) bond motifs is 2. The monoisotopic (exact) mass is 502 g/mol. The average Bonchev–Trinajstić information content (AvgIpc) is 3.40. The molecule has 3 aromatic rings. The molecule has 2 aromatic carbocycles. The molecule has 2 amide bonds. The summed E-state index contributed by atoms with van der Waals surface area (Å²) in [6, 6.07) is 10.4. The van der Waals surface area contributed by atoms with Crippen LogP contribution < -0.4 is 21.1 Å². The van der Waals surface area contributed by atoms with Crippen molar-refractivity contribution < 1.29 is 18.7 Å². The number of aryl methyl sites for hydroxylation is 1. The van der Waals surface area contributed by atoms with E-state index in [1.165, 1.54) is 0 Å². The third kappa shape index (κ3) is 5.22. The van der Waals surface area contributed by atoms with E-state index in [0.29, 0.717) is 54.1 Å². The first-order chi connectivity index (χ1) is 16.4. The van der Waals surface area contributed by atoms with Gasteiger partial charge in [-0.3, -0.25) is 14.6 Å². The summed E-state index contributed by atoms with van der Waals surface area (Å²) in [5.41, 5.74) is 8.50. The van der Waals surface area contributed by atoms with E-state index in [-0.39, 0.29) is 30.1 Å². The fraction of sp³-hybridized carbons (Fsp3) is 0.333. The fourth-order valence-electron chi connectivity index (χ4n) is 4.21. The molecule has 4 rings (SSSR count). The third-order valence-electron chi connectivity index (χ3n) is 5.91. The summed E-state index contributed by atoms with van der Waals surface area (Å²) in [4.78, 5) is 34.4. The molecule has 0 fully saturated rings. The van der Waals surface area contributed by atoms with E-state index in [4.69, 9.17) is 15.5 Å². The molecule has 35 heavy (non-hydrogen) atoms. The van der Waals surface area contributed by atoms with Gasteiger partial charge in [-0.25, -0.2) is 9.37 Å². The molecular weight excluding hydrogens is 475 g/mol. The molecule has 0 radical (unpaired) electrons. The number of rotatable bonds is 9. The number of amidine groups is 1. The molecule has 0 saturated heterocycles. The summed E-state index contributed by atoms with van der Waals surface area (Å²) in [5.74, 6) is 0.569. The van der Waals surface area contributed by atoms with Crippen LogP contribution in [-0.4, -0.2) is 47.5 Å². The number of amides is 2. The largest absolute Gasteiger partial charge is 0.494 e. The van der Waals surface area contributed by atoms with Crippen molar-refractivity contribution in [2.24, 2.45) is 17.8 Å². The summed E-state index contributed by atoms with van der Waals surface area (Å²) in [7, 11) is 3.45. The van der Waals surface area contributed by atoms with Crippen molar-refractivity contribution in [3.63, 3.8) is 0 Å². The van der Waals surface area contributed by atoms with Gasteiger partial charge in [-0.2, -0.15) is 0 Å². The van der Waals surface area contributed by atoms with E-state index in [1.54, 1.807) is 19.2 Å². The maximum absolute atomic E-state index is 13.3. The lowest BCUT2D eigenvalue weighted by atomic mass is 10.0. The number of hydrogen-bond donors (Lipinski definition) is 3. The van der Waals surface area contributed by atoms with Crippen molar-refractivity contribution in [1.29, 1.82) is 0 Å². The zero-order chi connectivity index (χ0) is 24.2. The van der Waals surface area contributed by atoms with E-state index >= 15 is 0 Å². The normalized spacial score (nSPS) is 13.7. The Bertz CT molecular complexity index is 1280. The first-order valence-corrected chi connectivity index (χ1v) is 11.0. The van der Waals surface area contributed by atoms with Crippen molar-refractivity contribution >= 4 is 41.1 Å². The summed E-state index contributed by atoms with van der Waals surface area (Å²) in [6.07, 6.45) is 1.02. The number of carbonyl (C=O) groups is 2. The maximum Gasteiger partial charge on any atom is 0.252 e. The lowest BCUT2D eigenvalue weighted by Gasteiger charge is -2.19. The van der Waals surface area contributed by atoms with E-state index in [9.17, 15) is 14.0 Å². The Kier molecular flexibility index (Phi) is 8.29. The molecular formula is C24H28ClFN6O3. The van der Waals surface area contributed by atoms with Crippen LogP contribution >= 0.6 is 12.4 Å². The van der Waals surface area contributed by atoms with Crippen LogP contribution in [0.3, 0.4) is 0 Å². The number of benzene rings is 2. The number of nitrogens with one attached hydrogen (secondary N) is 2. The smallest absolute Gasteiger partial charge is 0.252 e. The summed E-state index contributed by atoms with van der Waals surface area (Å²) in [6.45, 7) is -0.0817. The summed E-state index contributed by atoms with van der Waals surface area (Å²) in [5, 5.41) is 5.80. The van der Waals surface area contributed by atoms with E-state index < -0.39 is 12.7 Å². The standard InChI is InChI=1S/C24H27FN6O3.ClH/c1-31-17-9-4-10-18(34-2)21(17)30-22(31)16(8-5-11-27-19(26)12-25)29-23(32)15-7-3-6-14-13-28-24(33)20(14)15;/h3-4,6-7,9-10,16H,5,8,11-13H2,1-2H3,(H2,26,27)(H,28,33)(H,29,32);1H. The quantitative estimate of drug-likeness (QED) is 0.236. The van der Waals surface area contributed by atoms with Crippen LogP contribution in [0.1, 0.15) is 51.0 Å². The van der Waals surface area contributed by atoms with Crippen molar-refractivity contribution in [1.82, 2.24) is 20.2 Å². The summed E-state index contributed by atoms with van der Waals surface area (Å²) < 4.78 is 20.0. The maximum atomic E-state index is 13.3. The minimum atomic E-state index is -0.800. The van der Waals surface area contributed by atoms with Gasteiger partial charge in [-0.15, -0.1) is 12.4 Å². The molecule has 0 saturated carbocycles. The molecule has 1 aliphatic rings. The molecule has 2 heterocycles. The van der Waals surface area contributed by atoms with Gasteiger partial charge < -0.3 is 25.7 Å². The molecule has 4 N–H and O–H groups in total. The van der Waals surface area contributed by atoms with Crippen molar-refractivity contribution in [2.45, 2.75) is 25.4 Å². The minimum absolute atomic E-state index is 0. The van der Waals surface area contributed by atoms with Gasteiger partial charge in [0.15, 0.2) is 0 Å². The van der Waals surface area contributed by atoms with Crippen molar-refractivity contribution in [3.8, 4) is 5.75 Å². The number of para-hydroxylation sites is 1. The van der Waals surface area contributed by atoms with Gasteiger partial charge in [0.2, 0.25) is 0 Å². The minimum Gasteiger partial charge on any atom is -0.494 e. The van der Waals surface area contributed by atoms with E-state index in [2.05, 4.69) is 15.6 Å². The third-order valence-corrected chi connectivity index (χ3v) is 5.91. The van der Waals surface area contributed by atoms with Crippen LogP contribution in [0.5, 0.6) is 5.75 Å². The number of nitrogens with zero attached hydrogens (tertiary/aromatic N) is 3. The molecule has 1 aromatic heterocycles. The second-order valence-electron chi connectivity index (χ2n) is 8.05. The number of ether oxygens (including phenoxy) is 1. The highest BCUT2D eigenvalue weighted by Crippen LogP contribution is 2.29. The molecule has 1 aliphatic heterocycles. The molecule has 1 atom stereocenters. The Morgan fingerprint density at radius 3 is 2.86 bits per heavy atom. The van der Waals surface area contributed by atoms with Gasteiger partial charge in [0.1, 0.15) is 29.6 Å². The topological polar surface area (TPSA) is 124 Å². The average molecular weight is 503 g/mol. The van der Waals surface area contributed by atoms with Crippen LogP contribution in [0.4, 0.5) is 4.39 Å². The zero-order valence-electron chi connectivity index (χ0n) is 19.5. The number of carbonyl (C=O) groups excluding carboxylic acids is 2. The zero-order valence-corrected chi connectivity index (χ0v) is 20.3. The first kappa shape index (κ1) is 26.0. The summed E-state index contributed by atoms with van der Waals surface area (Å²) >= 11 is 0. The highest BCUT2D eigenvalue weighted by atomic mass is 35.5. The van der Waals surface area contributed by atoms with Crippen LogP contribution in [-0.2, 0) is 13.6 Å². The van der Waals surface area contributed by atoms with Crippen molar-refractivity contribution in [3.05, 3.63) is 58.9 Å². The Morgan fingerprint density at radius 1 is 1.34 bits per heavy atom. The van der Waals surface area contributed by atoms with Crippen LogP contribution in [0.15, 0.2) is 41.4 Å². The number of halogens is 2. The molecule has 186 valence electrons. The first-order valence-electron chi connectivity index (χ1n) is 11.0. The van der Waals surface area contributed by atoms with E-state index in [0.717, 1.165) is 11.1 Å². The van der Waals surface area contributed by atoms with Crippen LogP contribution in [0.2, 0.25) is 0 Å². The van der Waals surface area contributed by atoms with Gasteiger partial charge in [-0.05, 0) is 36.6 Å². The number of nitrogens with two attached hydrogens (primary N) is 1. The molecule has 11 heteroatoms. The number of alkyl halides is 1. The molecule has 0 aliphatic carbocycles. The molecule has 9 nitrogen and oxygen atoms in total. The lowest BCUT2D eigenvalue weighted by Crippen LogP contribution is -2.32. The number of hydrogen-bond acceptors (Lipinski definition) is 5. The second-order valence-corrected chi connectivity index (χ2v) is 8.05. The van der Waals surface area contributed by atoms with Crippen molar-refractivity contribution in [2.75, 3.05) is 20.3 Å². The Balaban J connectivity index is 0.00000342. The fourth-order valence-corrected chi connectivity index (χ4v) is 4.21. The second kappa shape index (κ2) is 11.2. The molecule has 0 spiro atoms. The highest BCUT2D eigenvalue weighted by molar-refractivity contribution is 6.09. The molecule has 0 bridgehead atoms. The SMILES string of the molecule is COc1cccc2c1nc(C(CCCN=C(N)CF)NC(=O)c1cccc3c1C(=O)NC3)n2C.Cl. The van der Waals surface area contributed by atoms with Crippen LogP contribution in [0.25, 0.3) is 11.0 Å². The Hall–Kier alpha value is -3.66. The van der Waals surface area contributed by atoms with Gasteiger partial charge in [0.05, 0.1) is 29.8 Å². The van der Waals surface area contributed by atoms with Gasteiger partial charge in [0, 0.05) is 20.1 Å². The number of aromatic nitrogens is 2. The number of imidazole rings is 1. The Labute approximate surface area is 208 Å². The van der Waals surface area contributed by atoms with Gasteiger partial charge in [-0.1, -0.05) is 18.2 Å².